The Labute approximate surface area is 180 Å². The second-order valence-electron chi connectivity index (χ2n) is 6.53. The van der Waals surface area contributed by atoms with Crippen molar-refractivity contribution in [2.24, 2.45) is 4.90 Å². The van der Waals surface area contributed by atoms with Crippen LogP contribution < -0.4 is 10.6 Å². The van der Waals surface area contributed by atoms with E-state index >= 15 is 0 Å². The van der Waals surface area contributed by atoms with E-state index in [1.165, 1.54) is 19.4 Å². The number of nitrogens with one attached hydrogen (secondary N) is 2. The molecule has 3 aromatic rings. The van der Waals surface area contributed by atoms with Crippen molar-refractivity contribution in [2.75, 3.05) is 12.4 Å². The maximum Gasteiger partial charge on any atom is 0.274 e. The molecule has 0 radical (unpaired) electrons. The first-order valence-corrected chi connectivity index (χ1v) is 9.37. The van der Waals surface area contributed by atoms with E-state index in [1.54, 1.807) is 44.4 Å². The molecular weight excluding hydrogens is 393 g/mol. The Bertz CT molecular complexity index is 1130. The van der Waals surface area contributed by atoms with Crippen molar-refractivity contribution in [1.29, 1.82) is 5.26 Å². The second-order valence-corrected chi connectivity index (χ2v) is 6.53. The van der Waals surface area contributed by atoms with Gasteiger partial charge in [-0.05, 0) is 47.5 Å². The van der Waals surface area contributed by atoms with Crippen LogP contribution in [0.2, 0.25) is 0 Å². The minimum absolute atomic E-state index is 0.162. The number of amidine groups is 1. The molecule has 3 N–H and O–H groups in total. The number of benzene rings is 2. The standard InChI is InChI=1S/C22H20BN5O3/c1-31-22(28-23)27-20(15-6-8-18(29)9-7-15)16-3-2-4-17(11-16)26-21(30)19-10-5-14(12-24)13-25-19/h2-11,13,20,29H,23H2,1H3,(H,26,30)(H,27,28). The van der Waals surface area contributed by atoms with Crippen molar-refractivity contribution in [2.45, 2.75) is 6.04 Å². The molecule has 0 fully saturated rings. The zero-order valence-corrected chi connectivity index (χ0v) is 17.0. The fraction of sp³-hybridized carbons (Fsp3) is 0.0909. The lowest BCUT2D eigenvalue weighted by Crippen LogP contribution is -2.30. The maximum absolute atomic E-state index is 12.5. The number of nitriles is 1. The van der Waals surface area contributed by atoms with Crippen molar-refractivity contribution in [3.63, 3.8) is 0 Å². The number of amides is 1. The van der Waals surface area contributed by atoms with Crippen molar-refractivity contribution in [3.8, 4) is 11.8 Å². The first-order valence-electron chi connectivity index (χ1n) is 9.37. The zero-order chi connectivity index (χ0) is 22.2. The lowest BCUT2D eigenvalue weighted by atomic mass is 9.98. The highest BCUT2D eigenvalue weighted by Crippen LogP contribution is 2.26. The summed E-state index contributed by atoms with van der Waals surface area (Å²) >= 11 is 0. The molecule has 154 valence electrons. The van der Waals surface area contributed by atoms with Crippen LogP contribution >= 0.6 is 0 Å². The van der Waals surface area contributed by atoms with E-state index in [9.17, 15) is 9.90 Å². The second kappa shape index (κ2) is 9.94. The van der Waals surface area contributed by atoms with Gasteiger partial charge in [-0.25, -0.2) is 4.98 Å². The summed E-state index contributed by atoms with van der Waals surface area (Å²) in [6, 6.07) is 19.1. The summed E-state index contributed by atoms with van der Waals surface area (Å²) in [7, 11) is 3.13. The van der Waals surface area contributed by atoms with Gasteiger partial charge in [-0.3, -0.25) is 4.79 Å². The third-order valence-corrected chi connectivity index (χ3v) is 4.49. The van der Waals surface area contributed by atoms with Crippen LogP contribution in [0.25, 0.3) is 0 Å². The summed E-state index contributed by atoms with van der Waals surface area (Å²) in [5, 5.41) is 24.5. The van der Waals surface area contributed by atoms with E-state index in [1.807, 2.05) is 24.3 Å². The van der Waals surface area contributed by atoms with Gasteiger partial charge in [0.25, 0.3) is 19.9 Å². The van der Waals surface area contributed by atoms with Gasteiger partial charge in [0.05, 0.1) is 18.7 Å². The number of aromatic hydroxyl groups is 1. The normalized spacial score (nSPS) is 11.8. The molecule has 0 spiro atoms. The largest absolute Gasteiger partial charge is 0.508 e. The van der Waals surface area contributed by atoms with Gasteiger partial charge in [0.15, 0.2) is 0 Å². The van der Waals surface area contributed by atoms with Gasteiger partial charge in [0.2, 0.25) is 0 Å². The van der Waals surface area contributed by atoms with Crippen LogP contribution in [0, 0.1) is 11.3 Å². The van der Waals surface area contributed by atoms with Crippen molar-refractivity contribution >= 4 is 25.6 Å². The van der Waals surface area contributed by atoms with E-state index in [0.717, 1.165) is 11.1 Å². The highest BCUT2D eigenvalue weighted by atomic mass is 16.5. The number of aromatic nitrogens is 1. The third-order valence-electron chi connectivity index (χ3n) is 4.49. The van der Waals surface area contributed by atoms with Crippen molar-refractivity contribution in [3.05, 3.63) is 89.2 Å². The summed E-state index contributed by atoms with van der Waals surface area (Å²) in [6.07, 6.45) is 1.35. The van der Waals surface area contributed by atoms with E-state index in [2.05, 4.69) is 20.5 Å². The fourth-order valence-corrected chi connectivity index (χ4v) is 2.95. The molecule has 0 saturated carbocycles. The van der Waals surface area contributed by atoms with Gasteiger partial charge in [-0.2, -0.15) is 5.26 Å². The highest BCUT2D eigenvalue weighted by molar-refractivity contribution is 6.11. The van der Waals surface area contributed by atoms with Crippen LogP contribution in [-0.2, 0) is 4.74 Å². The van der Waals surface area contributed by atoms with Gasteiger partial charge in [-0.1, -0.05) is 24.3 Å². The summed E-state index contributed by atoms with van der Waals surface area (Å²) in [4.78, 5) is 20.6. The lowest BCUT2D eigenvalue weighted by molar-refractivity contribution is 0.102. The Morgan fingerprint density at radius 1 is 1.19 bits per heavy atom. The average molecular weight is 413 g/mol. The maximum atomic E-state index is 12.5. The predicted octanol–water partition coefficient (Wildman–Crippen LogP) is 2.14. The monoisotopic (exact) mass is 413 g/mol. The molecule has 9 heteroatoms. The minimum Gasteiger partial charge on any atom is -0.508 e. The molecule has 1 unspecified atom stereocenters. The number of pyridine rings is 1. The van der Waals surface area contributed by atoms with Gasteiger partial charge in [0, 0.05) is 11.9 Å². The molecule has 8 nitrogen and oxygen atoms in total. The van der Waals surface area contributed by atoms with Crippen LogP contribution in [0.5, 0.6) is 5.75 Å². The summed E-state index contributed by atoms with van der Waals surface area (Å²) in [5.74, 6) is -0.224. The summed E-state index contributed by atoms with van der Waals surface area (Å²) in [6.45, 7) is 0. The van der Waals surface area contributed by atoms with Crippen LogP contribution in [0.3, 0.4) is 0 Å². The molecule has 1 heterocycles. The number of rotatable bonds is 5. The van der Waals surface area contributed by atoms with Gasteiger partial charge >= 0.3 is 0 Å². The number of hydrogen-bond acceptors (Lipinski definition) is 6. The number of phenolic OH excluding ortho intramolecular Hbond substituents is 1. The molecule has 0 aliphatic rings. The molecule has 31 heavy (non-hydrogen) atoms. The number of phenols is 1. The average Bonchev–Trinajstić information content (AvgIpc) is 2.81. The molecule has 0 aliphatic heterocycles. The molecule has 1 amide bonds. The SMILES string of the molecule is B/N=C(/NC(c1ccc(O)cc1)c1cccc(NC(=O)c2ccc(C#N)cn2)c1)OC. The number of methoxy groups -OCH3 is 1. The zero-order valence-electron chi connectivity index (χ0n) is 17.0. The van der Waals surface area contributed by atoms with Gasteiger partial charge < -0.3 is 25.4 Å². The Morgan fingerprint density at radius 2 is 1.97 bits per heavy atom. The molecule has 1 atom stereocenters. The smallest absolute Gasteiger partial charge is 0.274 e. The van der Waals surface area contributed by atoms with Crippen LogP contribution in [0.4, 0.5) is 5.69 Å². The Hall–Kier alpha value is -4.32. The lowest BCUT2D eigenvalue weighted by Gasteiger charge is -2.22. The Kier molecular flexibility index (Phi) is 6.86. The number of anilines is 1. The molecular formula is C22H20BN5O3. The van der Waals surface area contributed by atoms with Crippen molar-refractivity contribution < 1.29 is 14.6 Å². The van der Waals surface area contributed by atoms with Gasteiger partial charge in [0.1, 0.15) is 17.5 Å². The summed E-state index contributed by atoms with van der Waals surface area (Å²) < 4.78 is 5.26. The summed E-state index contributed by atoms with van der Waals surface area (Å²) in [5.41, 5.74) is 2.87. The van der Waals surface area contributed by atoms with E-state index < -0.39 is 0 Å². The number of nitrogens with zero attached hydrogens (tertiary/aromatic N) is 3. The number of hydrogen-bond donors (Lipinski definition) is 3. The van der Waals surface area contributed by atoms with Crippen molar-refractivity contribution in [1.82, 2.24) is 10.3 Å². The molecule has 2 aromatic carbocycles. The topological polar surface area (TPSA) is 120 Å². The predicted molar refractivity (Wildman–Crippen MR) is 119 cm³/mol. The molecule has 3 rings (SSSR count). The third kappa shape index (κ3) is 5.39. The highest BCUT2D eigenvalue weighted by Gasteiger charge is 2.17. The first-order chi connectivity index (χ1) is 15.0. The molecule has 0 bridgehead atoms. The van der Waals surface area contributed by atoms with E-state index in [-0.39, 0.29) is 23.4 Å². The minimum atomic E-state index is -0.386. The first kappa shape index (κ1) is 21.4. The molecule has 0 saturated heterocycles. The fourth-order valence-electron chi connectivity index (χ4n) is 2.95. The van der Waals surface area contributed by atoms with Crippen LogP contribution in [-0.4, -0.2) is 37.1 Å². The van der Waals surface area contributed by atoms with E-state index in [4.69, 9.17) is 10.00 Å². The number of ether oxygens (including phenoxy) is 1. The van der Waals surface area contributed by atoms with Gasteiger partial charge in [-0.15, -0.1) is 0 Å². The molecule has 1 aromatic heterocycles. The quantitative estimate of drug-likeness (QED) is 0.335. The molecule has 0 aliphatic carbocycles. The number of carbonyl (C=O) groups is 1. The Morgan fingerprint density at radius 3 is 2.58 bits per heavy atom. The number of carbonyl (C=O) groups excluding carboxylic acids is 1. The van der Waals surface area contributed by atoms with Crippen LogP contribution in [0.15, 0.2) is 71.8 Å². The van der Waals surface area contributed by atoms with E-state index in [0.29, 0.717) is 17.3 Å². The Balaban J connectivity index is 1.88. The van der Waals surface area contributed by atoms with Crippen LogP contribution in [0.1, 0.15) is 33.2 Å².